The Morgan fingerprint density at radius 1 is 0.645 bits per heavy atom. The third kappa shape index (κ3) is 11.8. The van der Waals surface area contributed by atoms with E-state index in [1.54, 1.807) is 0 Å². The van der Waals surface area contributed by atoms with E-state index < -0.39 is 42.4 Å². The molecule has 0 amide bonds. The monoisotopic (exact) mass is 922 g/mol. The lowest BCUT2D eigenvalue weighted by Gasteiger charge is -2.34. The van der Waals surface area contributed by atoms with Crippen LogP contribution in [0, 0.1) is 10.8 Å². The Hall–Kier alpha value is -4.90. The van der Waals surface area contributed by atoms with Crippen LogP contribution >= 0.6 is 23.5 Å². The van der Waals surface area contributed by atoms with Gasteiger partial charge in [0, 0.05) is 36.6 Å². The lowest BCUT2D eigenvalue weighted by molar-refractivity contribution is -0.132. The normalized spacial score (nSPS) is 20.3. The summed E-state index contributed by atoms with van der Waals surface area (Å²) in [5.74, 6) is -1.57. The van der Waals surface area contributed by atoms with Gasteiger partial charge >= 0.3 is 11.9 Å². The topological polar surface area (TPSA) is 168 Å². The summed E-state index contributed by atoms with van der Waals surface area (Å²) in [6, 6.07) is 26.2. The first-order valence-electron chi connectivity index (χ1n) is 20.0. The van der Waals surface area contributed by atoms with Crippen molar-refractivity contribution >= 4 is 77.9 Å². The minimum absolute atomic E-state index is 0.0349. The summed E-state index contributed by atoms with van der Waals surface area (Å²) in [5, 5.41) is 17.6. The molecule has 2 N–H and O–H groups in total. The van der Waals surface area contributed by atoms with Gasteiger partial charge in [-0.2, -0.15) is 0 Å². The summed E-state index contributed by atoms with van der Waals surface area (Å²) in [6.45, 7) is 9.33. The highest BCUT2D eigenvalue weighted by Crippen LogP contribution is 2.48. The van der Waals surface area contributed by atoms with Crippen LogP contribution in [0.3, 0.4) is 0 Å². The zero-order valence-corrected chi connectivity index (χ0v) is 39.0. The number of carboxylic acids is 2. The van der Waals surface area contributed by atoms with E-state index in [1.165, 1.54) is 35.7 Å². The number of carbonyl (C=O) groups is 2. The molecule has 2 aliphatic heterocycles. The highest BCUT2D eigenvalue weighted by molar-refractivity contribution is 7.99. The number of sulfone groups is 2. The SMILES string of the molecule is CCC[C@@]1(C)CN(c2ccccc2)c2cc(SC)c(O/C=C/C(=O)O)cc2S(=O)(=O)C1.CCC[C@]1(C)CN(c2ccccc2)c2cc(SC)c(O/C=C/C(=O)O)cc2S(=O)(=O)C1. The minimum atomic E-state index is -3.61. The summed E-state index contributed by atoms with van der Waals surface area (Å²) in [6.07, 6.45) is 10.9. The largest absolute Gasteiger partial charge is 0.478 e. The van der Waals surface area contributed by atoms with Gasteiger partial charge in [-0.15, -0.1) is 23.5 Å². The zero-order valence-electron chi connectivity index (χ0n) is 35.7. The molecule has 16 heteroatoms. The first kappa shape index (κ1) is 48.1. The molecule has 6 rings (SSSR count). The Morgan fingerprint density at radius 2 is 1.00 bits per heavy atom. The van der Waals surface area contributed by atoms with E-state index >= 15 is 0 Å². The first-order valence-corrected chi connectivity index (χ1v) is 25.8. The van der Waals surface area contributed by atoms with Gasteiger partial charge in [0.25, 0.3) is 0 Å². The van der Waals surface area contributed by atoms with Crippen molar-refractivity contribution in [2.75, 3.05) is 46.9 Å². The Balaban J connectivity index is 0.000000234. The molecule has 332 valence electrons. The third-order valence-electron chi connectivity index (χ3n) is 10.6. The van der Waals surface area contributed by atoms with E-state index in [9.17, 15) is 26.4 Å². The summed E-state index contributed by atoms with van der Waals surface area (Å²) in [4.78, 5) is 27.6. The number of hydrogen-bond donors (Lipinski definition) is 2. The van der Waals surface area contributed by atoms with E-state index in [1.807, 2.05) is 99.2 Å². The highest BCUT2D eigenvalue weighted by Gasteiger charge is 2.41. The molecule has 2 heterocycles. The summed E-state index contributed by atoms with van der Waals surface area (Å²) < 4.78 is 65.0. The van der Waals surface area contributed by atoms with E-state index in [2.05, 4.69) is 23.6 Å². The van der Waals surface area contributed by atoms with Crippen LogP contribution in [-0.2, 0) is 29.3 Å². The lowest BCUT2D eigenvalue weighted by atomic mass is 9.87. The highest BCUT2D eigenvalue weighted by atomic mass is 32.2. The van der Waals surface area contributed by atoms with Crippen LogP contribution in [-0.4, -0.2) is 76.1 Å². The molecule has 62 heavy (non-hydrogen) atoms. The number of thioether (sulfide) groups is 2. The summed E-state index contributed by atoms with van der Waals surface area (Å²) in [5.41, 5.74) is 2.23. The molecule has 2 atom stereocenters. The van der Waals surface area contributed by atoms with Gasteiger partial charge in [0.2, 0.25) is 0 Å². The predicted molar refractivity (Wildman–Crippen MR) is 248 cm³/mol. The molecular weight excluding hydrogens is 869 g/mol. The molecule has 4 aromatic carbocycles. The average Bonchev–Trinajstić information content (AvgIpc) is 3.36. The number of hydrogen-bond acceptors (Lipinski definition) is 12. The molecule has 0 fully saturated rings. The second-order valence-electron chi connectivity index (χ2n) is 15.9. The van der Waals surface area contributed by atoms with Crippen LogP contribution in [0.5, 0.6) is 11.5 Å². The van der Waals surface area contributed by atoms with Gasteiger partial charge in [-0.25, -0.2) is 26.4 Å². The van der Waals surface area contributed by atoms with Crippen molar-refractivity contribution in [3.63, 3.8) is 0 Å². The molecule has 0 unspecified atom stereocenters. The molecule has 0 aromatic heterocycles. The van der Waals surface area contributed by atoms with Crippen LogP contribution < -0.4 is 19.3 Å². The number of rotatable bonds is 14. The Kier molecular flexibility index (Phi) is 15.9. The van der Waals surface area contributed by atoms with Crippen molar-refractivity contribution < 1.29 is 46.1 Å². The van der Waals surface area contributed by atoms with Gasteiger partial charge in [-0.3, -0.25) is 0 Å². The standard InChI is InChI=1S/2C23H27NO5S2/c2*1-4-11-23(2)15-24(17-8-6-5-7-9-17)18-13-20(30-3)19(29-12-10-22(25)26)14-21(18)31(27,28)16-23/h2*5-10,12-14H,4,11,15-16H2,1-3H3,(H,25,26)/b2*12-10+/t2*23-/m10/s1. The van der Waals surface area contributed by atoms with Crippen LogP contribution in [0.4, 0.5) is 22.7 Å². The molecule has 0 bridgehead atoms. The van der Waals surface area contributed by atoms with Crippen molar-refractivity contribution in [3.8, 4) is 11.5 Å². The fourth-order valence-corrected chi connectivity index (χ4v) is 13.3. The average molecular weight is 923 g/mol. The van der Waals surface area contributed by atoms with E-state index in [-0.39, 0.29) is 21.3 Å². The van der Waals surface area contributed by atoms with E-state index in [4.69, 9.17) is 19.7 Å². The summed E-state index contributed by atoms with van der Waals surface area (Å²) >= 11 is 2.83. The van der Waals surface area contributed by atoms with Crippen molar-refractivity contribution in [2.45, 2.75) is 73.0 Å². The van der Waals surface area contributed by atoms with Crippen LogP contribution in [0.1, 0.15) is 53.4 Å². The maximum atomic E-state index is 13.5. The molecule has 4 aromatic rings. The van der Waals surface area contributed by atoms with Crippen LogP contribution in [0.2, 0.25) is 0 Å². The van der Waals surface area contributed by atoms with Gasteiger partial charge in [-0.05, 0) is 72.6 Å². The quantitative estimate of drug-likeness (QED) is 0.0696. The molecule has 0 saturated carbocycles. The van der Waals surface area contributed by atoms with Crippen molar-refractivity contribution in [1.29, 1.82) is 0 Å². The second-order valence-corrected chi connectivity index (χ2v) is 21.6. The summed E-state index contributed by atoms with van der Waals surface area (Å²) in [7, 11) is -7.22. The third-order valence-corrected chi connectivity index (χ3v) is 16.2. The van der Waals surface area contributed by atoms with Gasteiger partial charge < -0.3 is 29.5 Å². The number of carboxylic acid groups (broad SMARTS) is 2. The van der Waals surface area contributed by atoms with Gasteiger partial charge in [-0.1, -0.05) is 76.9 Å². The predicted octanol–water partition coefficient (Wildman–Crippen LogP) is 10.2. The number of ether oxygens (including phenoxy) is 2. The van der Waals surface area contributed by atoms with Crippen LogP contribution in [0.25, 0.3) is 0 Å². The van der Waals surface area contributed by atoms with Crippen LogP contribution in [0.15, 0.2) is 129 Å². The minimum Gasteiger partial charge on any atom is -0.478 e. The Labute approximate surface area is 373 Å². The zero-order chi connectivity index (χ0) is 45.3. The van der Waals surface area contributed by atoms with E-state index in [0.717, 1.165) is 71.5 Å². The molecule has 0 saturated heterocycles. The van der Waals surface area contributed by atoms with Crippen molar-refractivity contribution in [3.05, 3.63) is 110 Å². The Morgan fingerprint density at radius 3 is 1.31 bits per heavy atom. The molecule has 0 aliphatic carbocycles. The van der Waals surface area contributed by atoms with Gasteiger partial charge in [0.15, 0.2) is 19.7 Å². The Bertz CT molecular complexity index is 2340. The fraction of sp³-hybridized carbons (Fsp3) is 0.348. The number of fused-ring (bicyclic) bond motifs is 2. The molecule has 0 radical (unpaired) electrons. The number of anilines is 4. The van der Waals surface area contributed by atoms with Gasteiger partial charge in [0.1, 0.15) is 11.5 Å². The second kappa shape index (κ2) is 20.5. The lowest BCUT2D eigenvalue weighted by Crippen LogP contribution is -2.35. The fourth-order valence-electron chi connectivity index (χ4n) is 8.10. The molecule has 2 aliphatic rings. The van der Waals surface area contributed by atoms with Gasteiger partial charge in [0.05, 0.1) is 67.1 Å². The molecular formula is C46H54N2O10S4. The molecule has 0 spiro atoms. The van der Waals surface area contributed by atoms with Crippen molar-refractivity contribution in [2.24, 2.45) is 10.8 Å². The van der Waals surface area contributed by atoms with E-state index in [0.29, 0.717) is 36.0 Å². The number of para-hydroxylation sites is 2. The number of nitrogens with zero attached hydrogens (tertiary/aromatic N) is 2. The maximum Gasteiger partial charge on any atom is 0.331 e. The number of benzene rings is 4. The number of aliphatic carboxylic acids is 2. The maximum absolute atomic E-state index is 13.5. The molecule has 12 nitrogen and oxygen atoms in total. The smallest absolute Gasteiger partial charge is 0.331 e. The van der Waals surface area contributed by atoms with Crippen molar-refractivity contribution in [1.82, 2.24) is 0 Å². The first-order chi connectivity index (χ1) is 29.4.